The van der Waals surface area contributed by atoms with Crippen LogP contribution in [-0.2, 0) is 4.74 Å². The molecule has 1 aliphatic carbocycles. The van der Waals surface area contributed by atoms with Crippen LogP contribution in [0.4, 0.5) is 0 Å². The van der Waals surface area contributed by atoms with E-state index in [9.17, 15) is 0 Å². The Balaban J connectivity index is 1.90. The summed E-state index contributed by atoms with van der Waals surface area (Å²) < 4.78 is 5.47. The second kappa shape index (κ2) is 5.03. The lowest BCUT2D eigenvalue weighted by Crippen LogP contribution is -2.60. The second-order valence-corrected chi connectivity index (χ2v) is 5.64. The van der Waals surface area contributed by atoms with Crippen molar-refractivity contribution in [3.05, 3.63) is 0 Å². The molecule has 3 heteroatoms. The molecule has 2 rings (SSSR count). The van der Waals surface area contributed by atoms with Gasteiger partial charge in [0.25, 0.3) is 0 Å². The summed E-state index contributed by atoms with van der Waals surface area (Å²) in [6, 6.07) is 0.762. The fourth-order valence-electron chi connectivity index (χ4n) is 3.10. The van der Waals surface area contributed by atoms with E-state index < -0.39 is 0 Å². The Morgan fingerprint density at radius 3 is 2.88 bits per heavy atom. The lowest BCUT2D eigenvalue weighted by Gasteiger charge is -2.43. The summed E-state index contributed by atoms with van der Waals surface area (Å²) >= 11 is 0. The molecule has 1 aliphatic heterocycles. The predicted octanol–water partition coefficient (Wildman–Crippen LogP) is 1.63. The van der Waals surface area contributed by atoms with E-state index in [1.165, 1.54) is 38.8 Å². The third kappa shape index (κ3) is 2.58. The molecule has 0 aromatic rings. The minimum absolute atomic E-state index is 0.323. The zero-order valence-corrected chi connectivity index (χ0v) is 11.0. The Hall–Kier alpha value is -0.120. The quantitative estimate of drug-likeness (QED) is 0.791. The van der Waals surface area contributed by atoms with E-state index in [0.29, 0.717) is 11.6 Å². The average molecular weight is 226 g/mol. The van der Waals surface area contributed by atoms with Gasteiger partial charge in [0.05, 0.1) is 6.10 Å². The standard InChI is InChI=1S/C13H26N2O/c1-4-13(2)10-15(8-7-14-13)11-5-6-12(9-11)16-3/h11-12,14H,4-10H2,1-3H3. The van der Waals surface area contributed by atoms with Crippen LogP contribution >= 0.6 is 0 Å². The van der Waals surface area contributed by atoms with E-state index in [2.05, 4.69) is 24.1 Å². The molecule has 0 radical (unpaired) electrons. The van der Waals surface area contributed by atoms with Crippen molar-refractivity contribution in [3.8, 4) is 0 Å². The van der Waals surface area contributed by atoms with Gasteiger partial charge in [0.15, 0.2) is 0 Å². The van der Waals surface area contributed by atoms with Gasteiger partial charge in [-0.2, -0.15) is 0 Å². The first kappa shape index (κ1) is 12.3. The maximum absolute atomic E-state index is 5.47. The van der Waals surface area contributed by atoms with E-state index in [1.807, 2.05) is 7.11 Å². The van der Waals surface area contributed by atoms with Crippen LogP contribution in [-0.4, -0.2) is 49.3 Å². The fraction of sp³-hybridized carbons (Fsp3) is 1.00. The van der Waals surface area contributed by atoms with Crippen LogP contribution in [0.3, 0.4) is 0 Å². The SMILES string of the molecule is CCC1(C)CN(C2CCC(OC)C2)CCN1. The molecule has 2 fully saturated rings. The molecule has 2 aliphatic rings. The normalized spacial score (nSPS) is 41.4. The molecule has 0 spiro atoms. The molecule has 0 aromatic heterocycles. The summed E-state index contributed by atoms with van der Waals surface area (Å²) in [5.74, 6) is 0. The van der Waals surface area contributed by atoms with Crippen LogP contribution in [0.25, 0.3) is 0 Å². The van der Waals surface area contributed by atoms with Crippen LogP contribution in [0.5, 0.6) is 0 Å². The van der Waals surface area contributed by atoms with Gasteiger partial charge in [0, 0.05) is 38.3 Å². The largest absolute Gasteiger partial charge is 0.381 e. The Morgan fingerprint density at radius 1 is 1.44 bits per heavy atom. The summed E-state index contributed by atoms with van der Waals surface area (Å²) in [5, 5.41) is 3.65. The molecule has 1 heterocycles. The molecule has 1 saturated carbocycles. The maximum atomic E-state index is 5.47. The summed E-state index contributed by atoms with van der Waals surface area (Å²) in [6.07, 6.45) is 5.51. The van der Waals surface area contributed by atoms with Crippen molar-refractivity contribution < 1.29 is 4.74 Å². The first-order valence-electron chi connectivity index (χ1n) is 6.69. The second-order valence-electron chi connectivity index (χ2n) is 5.64. The topological polar surface area (TPSA) is 24.5 Å². The van der Waals surface area contributed by atoms with Gasteiger partial charge in [-0.15, -0.1) is 0 Å². The van der Waals surface area contributed by atoms with Crippen molar-refractivity contribution in [2.75, 3.05) is 26.7 Å². The highest BCUT2D eigenvalue weighted by Crippen LogP contribution is 2.28. The van der Waals surface area contributed by atoms with Crippen molar-refractivity contribution in [1.29, 1.82) is 0 Å². The smallest absolute Gasteiger partial charge is 0.0586 e. The van der Waals surface area contributed by atoms with Crippen LogP contribution in [0, 0.1) is 0 Å². The van der Waals surface area contributed by atoms with Crippen LogP contribution in [0.1, 0.15) is 39.5 Å². The van der Waals surface area contributed by atoms with Crippen LogP contribution in [0.15, 0.2) is 0 Å². The Bertz CT molecular complexity index is 234. The van der Waals surface area contributed by atoms with Crippen LogP contribution < -0.4 is 5.32 Å². The number of piperazine rings is 1. The van der Waals surface area contributed by atoms with Gasteiger partial charge in [-0.25, -0.2) is 0 Å². The fourth-order valence-corrected chi connectivity index (χ4v) is 3.10. The zero-order chi connectivity index (χ0) is 11.6. The molecular weight excluding hydrogens is 200 g/mol. The third-order valence-electron chi connectivity index (χ3n) is 4.49. The average Bonchev–Trinajstić information content (AvgIpc) is 2.78. The number of ether oxygens (including phenoxy) is 1. The van der Waals surface area contributed by atoms with Gasteiger partial charge in [-0.1, -0.05) is 6.92 Å². The van der Waals surface area contributed by atoms with Gasteiger partial charge in [-0.05, 0) is 32.6 Å². The van der Waals surface area contributed by atoms with E-state index in [-0.39, 0.29) is 0 Å². The van der Waals surface area contributed by atoms with Crippen molar-refractivity contribution in [1.82, 2.24) is 10.2 Å². The molecule has 1 N–H and O–H groups in total. The zero-order valence-electron chi connectivity index (χ0n) is 11.0. The maximum Gasteiger partial charge on any atom is 0.0586 e. The summed E-state index contributed by atoms with van der Waals surface area (Å²) in [4.78, 5) is 2.68. The Morgan fingerprint density at radius 2 is 2.25 bits per heavy atom. The number of nitrogens with zero attached hydrogens (tertiary/aromatic N) is 1. The summed E-state index contributed by atoms with van der Waals surface area (Å²) in [7, 11) is 1.85. The molecule has 94 valence electrons. The summed E-state index contributed by atoms with van der Waals surface area (Å²) in [6.45, 7) is 8.17. The van der Waals surface area contributed by atoms with Crippen molar-refractivity contribution >= 4 is 0 Å². The lowest BCUT2D eigenvalue weighted by atomic mass is 9.94. The summed E-state index contributed by atoms with van der Waals surface area (Å²) in [5.41, 5.74) is 0.323. The molecule has 0 aromatic carbocycles. The molecule has 16 heavy (non-hydrogen) atoms. The number of nitrogens with one attached hydrogen (secondary N) is 1. The molecule has 3 atom stereocenters. The highest BCUT2D eigenvalue weighted by Gasteiger charge is 2.35. The molecule has 3 nitrogen and oxygen atoms in total. The number of rotatable bonds is 3. The minimum atomic E-state index is 0.323. The van der Waals surface area contributed by atoms with E-state index in [4.69, 9.17) is 4.74 Å². The Kier molecular flexibility index (Phi) is 3.88. The number of hydrogen-bond acceptors (Lipinski definition) is 3. The number of methoxy groups -OCH3 is 1. The monoisotopic (exact) mass is 226 g/mol. The lowest BCUT2D eigenvalue weighted by molar-refractivity contribution is 0.0743. The highest BCUT2D eigenvalue weighted by atomic mass is 16.5. The van der Waals surface area contributed by atoms with Crippen molar-refractivity contribution in [2.24, 2.45) is 0 Å². The first-order valence-corrected chi connectivity index (χ1v) is 6.69. The minimum Gasteiger partial charge on any atom is -0.381 e. The van der Waals surface area contributed by atoms with Crippen molar-refractivity contribution in [2.45, 2.75) is 57.2 Å². The van der Waals surface area contributed by atoms with Gasteiger partial charge in [0.2, 0.25) is 0 Å². The van der Waals surface area contributed by atoms with E-state index >= 15 is 0 Å². The van der Waals surface area contributed by atoms with Crippen molar-refractivity contribution in [3.63, 3.8) is 0 Å². The van der Waals surface area contributed by atoms with Gasteiger partial charge < -0.3 is 10.1 Å². The molecule has 0 bridgehead atoms. The predicted molar refractivity (Wildman–Crippen MR) is 66.7 cm³/mol. The van der Waals surface area contributed by atoms with E-state index in [1.54, 1.807) is 0 Å². The van der Waals surface area contributed by atoms with Crippen LogP contribution in [0.2, 0.25) is 0 Å². The van der Waals surface area contributed by atoms with Gasteiger partial charge in [-0.3, -0.25) is 4.90 Å². The van der Waals surface area contributed by atoms with E-state index in [0.717, 1.165) is 12.6 Å². The third-order valence-corrected chi connectivity index (χ3v) is 4.49. The van der Waals surface area contributed by atoms with Gasteiger partial charge in [0.1, 0.15) is 0 Å². The molecule has 3 unspecified atom stereocenters. The van der Waals surface area contributed by atoms with Gasteiger partial charge >= 0.3 is 0 Å². The Labute approximate surface area is 99.5 Å². The first-order chi connectivity index (χ1) is 7.67. The highest BCUT2D eigenvalue weighted by molar-refractivity contribution is 4.94. The number of hydrogen-bond donors (Lipinski definition) is 1. The molecule has 1 saturated heterocycles. The molecular formula is C13H26N2O. The molecule has 0 amide bonds.